The zero-order valence-electron chi connectivity index (χ0n) is 17.7. The van der Waals surface area contributed by atoms with E-state index in [0.717, 1.165) is 42.3 Å². The van der Waals surface area contributed by atoms with Crippen molar-refractivity contribution in [1.29, 1.82) is 0 Å². The van der Waals surface area contributed by atoms with Gasteiger partial charge in [0.2, 0.25) is 11.8 Å². The fourth-order valence-electron chi connectivity index (χ4n) is 3.20. The molecule has 0 radical (unpaired) electrons. The summed E-state index contributed by atoms with van der Waals surface area (Å²) in [4.78, 5) is 26.5. The molecule has 0 saturated carbocycles. The zero-order chi connectivity index (χ0) is 22.2. The monoisotopic (exact) mass is 438 g/mol. The molecule has 0 spiro atoms. The fourth-order valence-corrected chi connectivity index (χ4v) is 4.02. The van der Waals surface area contributed by atoms with Crippen LogP contribution >= 0.6 is 11.8 Å². The highest BCUT2D eigenvalue weighted by Gasteiger charge is 2.40. The zero-order valence-corrected chi connectivity index (χ0v) is 18.5. The maximum atomic E-state index is 12.8. The Morgan fingerprint density at radius 3 is 2.48 bits per heavy atom. The van der Waals surface area contributed by atoms with Gasteiger partial charge in [0.15, 0.2) is 5.17 Å². The number of hydrogen-bond donors (Lipinski definition) is 1. The second-order valence-corrected chi connectivity index (χ2v) is 8.25. The molecule has 8 heteroatoms. The van der Waals surface area contributed by atoms with Crippen LogP contribution in [0.2, 0.25) is 0 Å². The summed E-state index contributed by atoms with van der Waals surface area (Å²) in [6.07, 6.45) is 2.88. The van der Waals surface area contributed by atoms with Crippen LogP contribution < -0.4 is 15.4 Å². The SMILES string of the molecule is CCCC/C(=N/N=C(N)S[C@@H]1CC(=O)N(c2ccc(OC)cc2)C1=O)c1ccccc1. The molecule has 31 heavy (non-hydrogen) atoms. The van der Waals surface area contributed by atoms with Gasteiger partial charge in [-0.25, -0.2) is 4.90 Å². The van der Waals surface area contributed by atoms with Crippen LogP contribution in [0.15, 0.2) is 64.8 Å². The lowest BCUT2D eigenvalue weighted by Gasteiger charge is -2.15. The smallest absolute Gasteiger partial charge is 0.247 e. The molecule has 1 atom stereocenters. The van der Waals surface area contributed by atoms with Crippen LogP contribution in [0.1, 0.15) is 38.2 Å². The number of amidine groups is 1. The number of anilines is 1. The van der Waals surface area contributed by atoms with Crippen LogP contribution in [0.5, 0.6) is 5.75 Å². The third kappa shape index (κ3) is 5.73. The molecule has 162 valence electrons. The third-order valence-electron chi connectivity index (χ3n) is 4.84. The minimum absolute atomic E-state index is 0.0663. The number of unbranched alkanes of at least 4 members (excludes halogenated alkanes) is 1. The van der Waals surface area contributed by atoms with Gasteiger partial charge in [-0.3, -0.25) is 9.59 Å². The quantitative estimate of drug-likeness (QED) is 0.291. The van der Waals surface area contributed by atoms with E-state index < -0.39 is 5.25 Å². The predicted molar refractivity (Wildman–Crippen MR) is 126 cm³/mol. The molecule has 1 aliphatic heterocycles. The molecule has 1 saturated heterocycles. The van der Waals surface area contributed by atoms with Gasteiger partial charge in [0.25, 0.3) is 0 Å². The lowest BCUT2D eigenvalue weighted by molar-refractivity contribution is -0.121. The first-order valence-corrected chi connectivity index (χ1v) is 11.0. The molecule has 2 aromatic carbocycles. The Labute approximate surface area is 186 Å². The predicted octanol–water partition coefficient (Wildman–Crippen LogP) is 3.97. The Morgan fingerprint density at radius 1 is 1.13 bits per heavy atom. The second-order valence-electron chi connectivity index (χ2n) is 7.03. The van der Waals surface area contributed by atoms with E-state index in [4.69, 9.17) is 10.5 Å². The van der Waals surface area contributed by atoms with Gasteiger partial charge in [0.1, 0.15) is 11.0 Å². The van der Waals surface area contributed by atoms with E-state index in [1.807, 2.05) is 30.3 Å². The summed E-state index contributed by atoms with van der Waals surface area (Å²) in [5.74, 6) is 0.0775. The molecule has 0 unspecified atom stereocenters. The number of imide groups is 1. The maximum Gasteiger partial charge on any atom is 0.247 e. The molecule has 7 nitrogen and oxygen atoms in total. The summed E-state index contributed by atoms with van der Waals surface area (Å²) >= 11 is 1.07. The van der Waals surface area contributed by atoms with Gasteiger partial charge in [-0.05, 0) is 42.7 Å². The molecule has 3 rings (SSSR count). The highest BCUT2D eigenvalue weighted by molar-refractivity contribution is 8.14. The number of methoxy groups -OCH3 is 1. The van der Waals surface area contributed by atoms with Gasteiger partial charge in [-0.15, -0.1) is 5.10 Å². The standard InChI is InChI=1S/C23H26N4O3S/c1-3-4-10-19(16-8-6-5-7-9-16)25-26-23(24)31-20-15-21(28)27(22(20)29)17-11-13-18(30-2)14-12-17/h5-9,11-14,20H,3-4,10,15H2,1-2H3,(H2,24,26)/b25-19-/t20-/m1/s1. The summed E-state index contributed by atoms with van der Waals surface area (Å²) < 4.78 is 5.12. The normalized spacial score (nSPS) is 17.4. The fraction of sp³-hybridized carbons (Fsp3) is 0.304. The maximum absolute atomic E-state index is 12.8. The van der Waals surface area contributed by atoms with Crippen LogP contribution in [0.3, 0.4) is 0 Å². The van der Waals surface area contributed by atoms with Crippen molar-refractivity contribution in [3.63, 3.8) is 0 Å². The molecular weight excluding hydrogens is 412 g/mol. The Morgan fingerprint density at radius 2 is 1.84 bits per heavy atom. The molecule has 1 fully saturated rings. The molecule has 2 N–H and O–H groups in total. The number of thioether (sulfide) groups is 1. The van der Waals surface area contributed by atoms with Crippen molar-refractivity contribution >= 4 is 40.1 Å². The number of nitrogens with two attached hydrogens (primary N) is 1. The van der Waals surface area contributed by atoms with E-state index in [-0.39, 0.29) is 23.4 Å². The van der Waals surface area contributed by atoms with E-state index >= 15 is 0 Å². The third-order valence-corrected chi connectivity index (χ3v) is 5.82. The molecular formula is C23H26N4O3S. The lowest BCUT2D eigenvalue weighted by Crippen LogP contribution is -2.31. The van der Waals surface area contributed by atoms with Crippen molar-refractivity contribution in [3.8, 4) is 5.75 Å². The lowest BCUT2D eigenvalue weighted by atomic mass is 10.1. The Hall–Kier alpha value is -3.13. The number of ether oxygens (including phenoxy) is 1. The molecule has 1 aliphatic rings. The summed E-state index contributed by atoms with van der Waals surface area (Å²) in [7, 11) is 1.56. The highest BCUT2D eigenvalue weighted by Crippen LogP contribution is 2.30. The van der Waals surface area contributed by atoms with Crippen molar-refractivity contribution in [2.45, 2.75) is 37.9 Å². The number of nitrogens with zero attached hydrogens (tertiary/aromatic N) is 3. The number of rotatable bonds is 8. The van der Waals surface area contributed by atoms with Gasteiger partial charge in [0.05, 0.1) is 18.5 Å². The molecule has 0 bridgehead atoms. The van der Waals surface area contributed by atoms with E-state index in [9.17, 15) is 9.59 Å². The van der Waals surface area contributed by atoms with Crippen molar-refractivity contribution in [3.05, 3.63) is 60.2 Å². The van der Waals surface area contributed by atoms with E-state index in [2.05, 4.69) is 17.1 Å². The number of amides is 2. The Bertz CT molecular complexity index is 974. The highest BCUT2D eigenvalue weighted by atomic mass is 32.2. The first-order valence-electron chi connectivity index (χ1n) is 10.2. The Balaban J connectivity index is 1.72. The average molecular weight is 439 g/mol. The van der Waals surface area contributed by atoms with Crippen molar-refractivity contribution in [2.75, 3.05) is 12.0 Å². The van der Waals surface area contributed by atoms with Crippen LogP contribution in [0.25, 0.3) is 0 Å². The van der Waals surface area contributed by atoms with Crippen LogP contribution in [-0.4, -0.2) is 35.1 Å². The van der Waals surface area contributed by atoms with Gasteiger partial charge in [-0.2, -0.15) is 5.10 Å². The summed E-state index contributed by atoms with van der Waals surface area (Å²) in [5.41, 5.74) is 8.40. The first kappa shape index (κ1) is 22.6. The summed E-state index contributed by atoms with van der Waals surface area (Å²) in [6, 6.07) is 16.6. The van der Waals surface area contributed by atoms with Crippen molar-refractivity contribution < 1.29 is 14.3 Å². The van der Waals surface area contributed by atoms with Crippen LogP contribution in [0, 0.1) is 0 Å². The molecule has 0 aliphatic carbocycles. The van der Waals surface area contributed by atoms with E-state index in [1.165, 1.54) is 4.90 Å². The molecule has 0 aromatic heterocycles. The average Bonchev–Trinajstić information content (AvgIpc) is 3.07. The number of carbonyl (C=O) groups excluding carboxylic acids is 2. The van der Waals surface area contributed by atoms with Crippen LogP contribution in [0.4, 0.5) is 5.69 Å². The summed E-state index contributed by atoms with van der Waals surface area (Å²) in [6.45, 7) is 2.12. The Kier molecular flexibility index (Phi) is 7.83. The van der Waals surface area contributed by atoms with Crippen LogP contribution in [-0.2, 0) is 9.59 Å². The number of benzene rings is 2. The number of carbonyl (C=O) groups is 2. The van der Waals surface area contributed by atoms with E-state index in [1.54, 1.807) is 31.4 Å². The summed E-state index contributed by atoms with van der Waals surface area (Å²) in [5, 5.41) is 8.03. The van der Waals surface area contributed by atoms with Gasteiger partial charge in [0, 0.05) is 6.42 Å². The number of hydrogen-bond acceptors (Lipinski definition) is 6. The largest absolute Gasteiger partial charge is 0.497 e. The molecule has 2 aromatic rings. The van der Waals surface area contributed by atoms with Gasteiger partial charge < -0.3 is 10.5 Å². The molecule has 1 heterocycles. The van der Waals surface area contributed by atoms with Gasteiger partial charge in [-0.1, -0.05) is 55.4 Å². The first-order chi connectivity index (χ1) is 15.0. The van der Waals surface area contributed by atoms with Crippen molar-refractivity contribution in [2.24, 2.45) is 15.9 Å². The van der Waals surface area contributed by atoms with E-state index in [0.29, 0.717) is 11.4 Å². The van der Waals surface area contributed by atoms with Crippen molar-refractivity contribution in [1.82, 2.24) is 0 Å². The topological polar surface area (TPSA) is 97.3 Å². The van der Waals surface area contributed by atoms with Gasteiger partial charge >= 0.3 is 0 Å². The minimum atomic E-state index is -0.621. The minimum Gasteiger partial charge on any atom is -0.497 e. The molecule has 2 amide bonds. The second kappa shape index (κ2) is 10.8.